The van der Waals surface area contributed by atoms with Gasteiger partial charge >= 0.3 is 0 Å². The fourth-order valence-electron chi connectivity index (χ4n) is 3.70. The molecular weight excluding hydrogens is 412 g/mol. The van der Waals surface area contributed by atoms with Crippen LogP contribution in [0.3, 0.4) is 0 Å². The molecule has 0 saturated carbocycles. The largest absolute Gasteiger partial charge is 0.456 e. The van der Waals surface area contributed by atoms with Crippen LogP contribution in [-0.4, -0.2) is 47.4 Å². The van der Waals surface area contributed by atoms with Gasteiger partial charge in [-0.2, -0.15) is 0 Å². The van der Waals surface area contributed by atoms with Crippen molar-refractivity contribution in [3.63, 3.8) is 0 Å². The highest BCUT2D eigenvalue weighted by Gasteiger charge is 2.23. The number of likely N-dealkylation sites (tertiary alicyclic amines) is 1. The van der Waals surface area contributed by atoms with E-state index < -0.39 is 0 Å². The first-order valence-corrected chi connectivity index (χ1v) is 11.3. The molecule has 2 aromatic heterocycles. The normalized spacial score (nSPS) is 15.0. The lowest BCUT2D eigenvalue weighted by molar-refractivity contribution is -0.117. The molecule has 3 heterocycles. The van der Waals surface area contributed by atoms with Gasteiger partial charge in [0.1, 0.15) is 5.76 Å². The summed E-state index contributed by atoms with van der Waals surface area (Å²) in [4.78, 5) is 31.4. The Hall–Kier alpha value is -2.97. The maximum absolute atomic E-state index is 12.5. The number of carbonyl (C=O) groups is 2. The van der Waals surface area contributed by atoms with Gasteiger partial charge < -0.3 is 15.1 Å². The zero-order valence-electron chi connectivity index (χ0n) is 17.7. The molecule has 0 radical (unpaired) electrons. The number of furan rings is 1. The summed E-state index contributed by atoms with van der Waals surface area (Å²) in [5, 5.41) is 9.04. The topological polar surface area (TPSA) is 87.5 Å². The van der Waals surface area contributed by atoms with Gasteiger partial charge in [-0.1, -0.05) is 12.1 Å². The molecule has 31 heavy (non-hydrogen) atoms. The third-order valence-corrected chi connectivity index (χ3v) is 6.09. The van der Waals surface area contributed by atoms with Crippen LogP contribution in [0, 0.1) is 13.8 Å². The number of benzene rings is 1. The van der Waals surface area contributed by atoms with Crippen LogP contribution in [-0.2, 0) is 4.79 Å². The van der Waals surface area contributed by atoms with Crippen LogP contribution in [0.4, 0.5) is 5.69 Å². The van der Waals surface area contributed by atoms with Crippen LogP contribution in [0.2, 0.25) is 0 Å². The van der Waals surface area contributed by atoms with Crippen molar-refractivity contribution < 1.29 is 14.0 Å². The number of thiazole rings is 1. The SMILES string of the molecule is Cc1ccc(C(=O)NC2CCN(CC(=O)Nc3cccc(-c4csc(C)n4)c3)CC2)o1. The summed E-state index contributed by atoms with van der Waals surface area (Å²) in [7, 11) is 0. The molecule has 162 valence electrons. The average Bonchev–Trinajstić information content (AvgIpc) is 3.38. The number of hydrogen-bond acceptors (Lipinski definition) is 6. The fraction of sp³-hybridized carbons (Fsp3) is 0.348. The quantitative estimate of drug-likeness (QED) is 0.610. The molecule has 1 aliphatic rings. The Morgan fingerprint density at radius 3 is 2.68 bits per heavy atom. The number of amides is 2. The van der Waals surface area contributed by atoms with Gasteiger partial charge in [0.15, 0.2) is 5.76 Å². The van der Waals surface area contributed by atoms with Gasteiger partial charge in [0.25, 0.3) is 5.91 Å². The third-order valence-electron chi connectivity index (χ3n) is 5.32. The molecule has 4 rings (SSSR count). The van der Waals surface area contributed by atoms with Gasteiger partial charge in [0, 0.05) is 35.8 Å². The van der Waals surface area contributed by atoms with E-state index in [1.807, 2.05) is 43.5 Å². The van der Waals surface area contributed by atoms with Crippen molar-refractivity contribution in [3.8, 4) is 11.3 Å². The maximum Gasteiger partial charge on any atom is 0.287 e. The molecule has 1 aliphatic heterocycles. The summed E-state index contributed by atoms with van der Waals surface area (Å²) < 4.78 is 5.38. The smallest absolute Gasteiger partial charge is 0.287 e. The molecule has 1 saturated heterocycles. The number of rotatable bonds is 6. The lowest BCUT2D eigenvalue weighted by Crippen LogP contribution is -2.46. The van der Waals surface area contributed by atoms with Gasteiger partial charge in [-0.05, 0) is 51.0 Å². The van der Waals surface area contributed by atoms with E-state index in [0.29, 0.717) is 12.3 Å². The highest BCUT2D eigenvalue weighted by molar-refractivity contribution is 7.09. The zero-order valence-corrected chi connectivity index (χ0v) is 18.5. The molecule has 0 bridgehead atoms. The number of nitrogens with one attached hydrogen (secondary N) is 2. The standard InChI is InChI=1S/C23H26N4O3S/c1-15-6-7-21(30-15)23(29)26-18-8-10-27(11-9-18)13-22(28)25-19-5-3-4-17(12-19)20-14-31-16(2)24-20/h3-7,12,14,18H,8-11,13H2,1-2H3,(H,25,28)(H,26,29). The van der Waals surface area contributed by atoms with Gasteiger partial charge in [0.2, 0.25) is 5.91 Å². The Morgan fingerprint density at radius 2 is 2.00 bits per heavy atom. The van der Waals surface area contributed by atoms with Crippen LogP contribution >= 0.6 is 11.3 Å². The zero-order chi connectivity index (χ0) is 21.8. The Morgan fingerprint density at radius 1 is 1.19 bits per heavy atom. The Labute approximate surface area is 185 Å². The average molecular weight is 439 g/mol. The second-order valence-electron chi connectivity index (χ2n) is 7.81. The van der Waals surface area contributed by atoms with Gasteiger partial charge in [-0.25, -0.2) is 4.98 Å². The molecule has 7 nitrogen and oxygen atoms in total. The Bertz CT molecular complexity index is 1070. The number of aryl methyl sites for hydroxylation is 2. The van der Waals surface area contributed by atoms with E-state index in [1.165, 1.54) is 0 Å². The first-order chi connectivity index (χ1) is 15.0. The minimum Gasteiger partial charge on any atom is -0.456 e. The number of nitrogens with zero attached hydrogens (tertiary/aromatic N) is 2. The molecule has 0 unspecified atom stereocenters. The van der Waals surface area contributed by atoms with E-state index in [-0.39, 0.29) is 17.9 Å². The van der Waals surface area contributed by atoms with Crippen molar-refractivity contribution in [2.75, 3.05) is 25.0 Å². The van der Waals surface area contributed by atoms with E-state index in [2.05, 4.69) is 20.5 Å². The molecule has 1 fully saturated rings. The second-order valence-corrected chi connectivity index (χ2v) is 8.88. The first-order valence-electron chi connectivity index (χ1n) is 10.4. The van der Waals surface area contributed by atoms with Crippen LogP contribution in [0.1, 0.15) is 34.2 Å². The summed E-state index contributed by atoms with van der Waals surface area (Å²) in [5.41, 5.74) is 2.68. The predicted molar refractivity (Wildman–Crippen MR) is 121 cm³/mol. The Balaban J connectivity index is 1.24. The first kappa shape index (κ1) is 21.3. The molecule has 3 aromatic rings. The van der Waals surface area contributed by atoms with Crippen molar-refractivity contribution in [2.45, 2.75) is 32.7 Å². The lowest BCUT2D eigenvalue weighted by Gasteiger charge is -2.31. The third kappa shape index (κ3) is 5.59. The highest BCUT2D eigenvalue weighted by Crippen LogP contribution is 2.24. The van der Waals surface area contributed by atoms with Crippen LogP contribution in [0.5, 0.6) is 0 Å². The molecule has 0 spiro atoms. The summed E-state index contributed by atoms with van der Waals surface area (Å²) in [6.07, 6.45) is 1.61. The van der Waals surface area contributed by atoms with Crippen molar-refractivity contribution in [2.24, 2.45) is 0 Å². The summed E-state index contributed by atoms with van der Waals surface area (Å²) in [6, 6.07) is 11.3. The van der Waals surface area contributed by atoms with E-state index >= 15 is 0 Å². The summed E-state index contributed by atoms with van der Waals surface area (Å²) >= 11 is 1.61. The van der Waals surface area contributed by atoms with Crippen LogP contribution < -0.4 is 10.6 Å². The number of anilines is 1. The minimum absolute atomic E-state index is 0.0415. The molecule has 0 aliphatic carbocycles. The summed E-state index contributed by atoms with van der Waals surface area (Å²) in [5.74, 6) is 0.840. The fourth-order valence-corrected chi connectivity index (χ4v) is 4.33. The maximum atomic E-state index is 12.5. The van der Waals surface area contributed by atoms with Crippen molar-refractivity contribution in [1.29, 1.82) is 0 Å². The van der Waals surface area contributed by atoms with Gasteiger partial charge in [0.05, 0.1) is 17.2 Å². The number of aromatic nitrogens is 1. The number of hydrogen-bond donors (Lipinski definition) is 2. The Kier molecular flexibility index (Phi) is 6.48. The van der Waals surface area contributed by atoms with E-state index in [1.54, 1.807) is 23.5 Å². The molecule has 2 N–H and O–H groups in total. The summed E-state index contributed by atoms with van der Waals surface area (Å²) in [6.45, 7) is 5.64. The number of piperidine rings is 1. The van der Waals surface area contributed by atoms with Gasteiger partial charge in [-0.3, -0.25) is 14.5 Å². The van der Waals surface area contributed by atoms with E-state index in [9.17, 15) is 9.59 Å². The highest BCUT2D eigenvalue weighted by atomic mass is 32.1. The molecule has 2 amide bonds. The molecular formula is C23H26N4O3S. The lowest BCUT2D eigenvalue weighted by atomic mass is 10.0. The van der Waals surface area contributed by atoms with Crippen LogP contribution in [0.25, 0.3) is 11.3 Å². The van der Waals surface area contributed by atoms with Crippen molar-refractivity contribution in [1.82, 2.24) is 15.2 Å². The molecule has 1 aromatic carbocycles. The number of carbonyl (C=O) groups excluding carboxylic acids is 2. The van der Waals surface area contributed by atoms with Crippen molar-refractivity contribution >= 4 is 28.8 Å². The van der Waals surface area contributed by atoms with E-state index in [4.69, 9.17) is 4.42 Å². The minimum atomic E-state index is -0.181. The van der Waals surface area contributed by atoms with Gasteiger partial charge in [-0.15, -0.1) is 11.3 Å². The van der Waals surface area contributed by atoms with E-state index in [0.717, 1.165) is 53.6 Å². The molecule has 0 atom stereocenters. The second kappa shape index (κ2) is 9.45. The predicted octanol–water partition coefficient (Wildman–Crippen LogP) is 3.85. The van der Waals surface area contributed by atoms with Crippen LogP contribution in [0.15, 0.2) is 46.2 Å². The van der Waals surface area contributed by atoms with Crippen molar-refractivity contribution in [3.05, 3.63) is 58.3 Å². The monoisotopic (exact) mass is 438 g/mol. The molecule has 8 heteroatoms.